The van der Waals surface area contributed by atoms with Crippen molar-refractivity contribution in [1.82, 2.24) is 0 Å². The smallest absolute Gasteiger partial charge is 0.301 e. The van der Waals surface area contributed by atoms with Gasteiger partial charge < -0.3 is 4.55 Å². The van der Waals surface area contributed by atoms with Gasteiger partial charge in [0.05, 0.1) is 5.56 Å². The number of hydrogen-bond donors (Lipinski definition) is 1. The Morgan fingerprint density at radius 2 is 2.42 bits per heavy atom. The fraction of sp³-hybridized carbons (Fsp3) is 0.200. The van der Waals surface area contributed by atoms with Gasteiger partial charge in [0.1, 0.15) is 0 Å². The Kier molecular flexibility index (Phi) is 2.90. The van der Waals surface area contributed by atoms with E-state index in [1.807, 2.05) is 0 Å². The van der Waals surface area contributed by atoms with Gasteiger partial charge in [-0.15, -0.1) is 0 Å². The first kappa shape index (κ1) is 9.30. The molecule has 66 valence electrons. The van der Waals surface area contributed by atoms with Crippen molar-refractivity contribution >= 4 is 22.4 Å². The molecule has 0 radical (unpaired) electrons. The second-order valence-corrected chi connectivity index (χ2v) is 3.75. The minimum Gasteiger partial charge on any atom is -0.301 e. The highest BCUT2D eigenvalue weighted by Gasteiger charge is 2.29. The van der Waals surface area contributed by atoms with E-state index in [4.69, 9.17) is 4.55 Å². The number of hydrogen-bond acceptors (Lipinski definition) is 4. The molecule has 2 unspecified atom stereocenters. The third-order valence-electron chi connectivity index (χ3n) is 1.21. The number of rotatable bonds is 3. The molecule has 0 bridgehead atoms. The summed E-state index contributed by atoms with van der Waals surface area (Å²) in [7, 11) is 0. The molecule has 1 heterocycles. The molecule has 0 spiro atoms. The van der Waals surface area contributed by atoms with Crippen molar-refractivity contribution in [3.63, 3.8) is 0 Å². The molecule has 0 aliphatic rings. The number of nitrogens with zero attached hydrogens (tertiary/aromatic N) is 1. The highest BCUT2D eigenvalue weighted by atomic mass is 32.2. The van der Waals surface area contributed by atoms with Crippen LogP contribution in [-0.2, 0) is 11.1 Å². The van der Waals surface area contributed by atoms with Crippen LogP contribution in [0.3, 0.4) is 0 Å². The molecule has 7 heteroatoms. The summed E-state index contributed by atoms with van der Waals surface area (Å²) >= 11 is -1.20. The molecule has 0 saturated heterocycles. The van der Waals surface area contributed by atoms with Crippen LogP contribution in [0.1, 0.15) is 10.9 Å². The van der Waals surface area contributed by atoms with Gasteiger partial charge >= 0.3 is 5.37 Å². The van der Waals surface area contributed by atoms with Gasteiger partial charge in [-0.1, -0.05) is 0 Å². The maximum absolute atomic E-state index is 10.5. The van der Waals surface area contributed by atoms with E-state index >= 15 is 0 Å². The van der Waals surface area contributed by atoms with E-state index in [1.54, 1.807) is 5.38 Å². The zero-order valence-corrected chi connectivity index (χ0v) is 7.38. The monoisotopic (exact) mass is 207 g/mol. The molecule has 0 aromatic carbocycles. The van der Waals surface area contributed by atoms with Crippen LogP contribution in [0, 0.1) is 10.1 Å². The average molecular weight is 207 g/mol. The normalized spacial score (nSPS) is 15.4. The van der Waals surface area contributed by atoms with Gasteiger partial charge in [-0.2, -0.15) is 11.3 Å². The van der Waals surface area contributed by atoms with Gasteiger partial charge in [-0.05, 0) is 11.4 Å². The number of nitro groups is 1. The maximum Gasteiger partial charge on any atom is 0.335 e. The molecule has 0 aliphatic heterocycles. The van der Waals surface area contributed by atoms with Crippen molar-refractivity contribution in [1.29, 1.82) is 0 Å². The lowest BCUT2D eigenvalue weighted by Gasteiger charge is -2.00. The fourth-order valence-corrected chi connectivity index (χ4v) is 2.02. The summed E-state index contributed by atoms with van der Waals surface area (Å²) in [6.07, 6.45) is 0. The minimum absolute atomic E-state index is 0.269. The molecule has 2 atom stereocenters. The zero-order valence-electron chi connectivity index (χ0n) is 5.75. The molecular formula is C5H5NO4S2. The quantitative estimate of drug-likeness (QED) is 0.459. The van der Waals surface area contributed by atoms with Crippen molar-refractivity contribution in [3.8, 4) is 0 Å². The van der Waals surface area contributed by atoms with Crippen LogP contribution >= 0.6 is 11.3 Å². The van der Waals surface area contributed by atoms with Crippen molar-refractivity contribution in [2.45, 2.75) is 5.37 Å². The van der Waals surface area contributed by atoms with Crippen LogP contribution in [0.4, 0.5) is 0 Å². The van der Waals surface area contributed by atoms with Gasteiger partial charge in [0.2, 0.25) is 11.1 Å². The topological polar surface area (TPSA) is 80.4 Å². The van der Waals surface area contributed by atoms with Crippen LogP contribution in [0.15, 0.2) is 16.8 Å². The van der Waals surface area contributed by atoms with Crippen molar-refractivity contribution in [2.24, 2.45) is 0 Å². The standard InChI is InChI=1S/C5H5NO4S2/c7-6(8)5(12(9)10)4-1-2-11-3-4/h1-3,5H,(H,9,10). The van der Waals surface area contributed by atoms with Crippen LogP contribution in [0.2, 0.25) is 0 Å². The van der Waals surface area contributed by atoms with E-state index < -0.39 is 21.4 Å². The summed E-state index contributed by atoms with van der Waals surface area (Å²) in [4.78, 5) is 9.53. The summed E-state index contributed by atoms with van der Waals surface area (Å²) in [5.74, 6) is 0. The lowest BCUT2D eigenvalue weighted by Crippen LogP contribution is -2.14. The van der Waals surface area contributed by atoms with Crippen molar-refractivity contribution in [3.05, 3.63) is 32.5 Å². The molecule has 1 aromatic heterocycles. The first-order valence-corrected chi connectivity index (χ1v) is 4.99. The Labute approximate surface area is 74.5 Å². The highest BCUT2D eigenvalue weighted by Crippen LogP contribution is 2.21. The van der Waals surface area contributed by atoms with E-state index in [0.717, 1.165) is 0 Å². The molecule has 0 fully saturated rings. The van der Waals surface area contributed by atoms with Crippen LogP contribution in [0.5, 0.6) is 0 Å². The van der Waals surface area contributed by atoms with E-state index in [2.05, 4.69) is 0 Å². The fourth-order valence-electron chi connectivity index (χ4n) is 0.727. The van der Waals surface area contributed by atoms with E-state index in [9.17, 15) is 14.3 Å². The minimum atomic E-state index is -2.46. The van der Waals surface area contributed by atoms with Gasteiger partial charge in [0.25, 0.3) is 0 Å². The molecule has 0 aliphatic carbocycles. The zero-order chi connectivity index (χ0) is 9.14. The third-order valence-corrected chi connectivity index (χ3v) is 2.74. The maximum atomic E-state index is 10.5. The molecule has 1 aromatic rings. The first-order valence-electron chi connectivity index (χ1n) is 2.88. The Balaban J connectivity index is 2.96. The second-order valence-electron chi connectivity index (χ2n) is 1.97. The lowest BCUT2D eigenvalue weighted by atomic mass is 10.3. The third kappa shape index (κ3) is 1.87. The van der Waals surface area contributed by atoms with Gasteiger partial charge in [0.15, 0.2) is 0 Å². The SMILES string of the molecule is O=[N+]([O-])C(c1ccsc1)S(=O)O. The number of thiophene rings is 1. The molecule has 1 rings (SSSR count). The van der Waals surface area contributed by atoms with Gasteiger partial charge in [-0.3, -0.25) is 10.1 Å². The van der Waals surface area contributed by atoms with Gasteiger partial charge in [-0.25, -0.2) is 4.21 Å². The summed E-state index contributed by atoms with van der Waals surface area (Å²) < 4.78 is 19.1. The van der Waals surface area contributed by atoms with Crippen LogP contribution in [-0.4, -0.2) is 13.7 Å². The van der Waals surface area contributed by atoms with Crippen molar-refractivity contribution in [2.75, 3.05) is 0 Å². The molecule has 12 heavy (non-hydrogen) atoms. The Hall–Kier alpha value is -0.790. The predicted molar refractivity (Wildman–Crippen MR) is 44.8 cm³/mol. The molecule has 0 amide bonds. The van der Waals surface area contributed by atoms with Crippen LogP contribution < -0.4 is 0 Å². The molecule has 0 saturated carbocycles. The van der Waals surface area contributed by atoms with E-state index in [0.29, 0.717) is 0 Å². The highest BCUT2D eigenvalue weighted by molar-refractivity contribution is 7.79. The van der Waals surface area contributed by atoms with Crippen LogP contribution in [0.25, 0.3) is 0 Å². The molecular weight excluding hydrogens is 202 g/mol. The van der Waals surface area contributed by atoms with Crippen molar-refractivity contribution < 1.29 is 13.7 Å². The summed E-state index contributed by atoms with van der Waals surface area (Å²) in [5.41, 5.74) is 0.269. The summed E-state index contributed by atoms with van der Waals surface area (Å²) in [6.45, 7) is 0. The largest absolute Gasteiger partial charge is 0.335 e. The Morgan fingerprint density at radius 3 is 2.75 bits per heavy atom. The average Bonchev–Trinajstić information content (AvgIpc) is 2.37. The lowest BCUT2D eigenvalue weighted by molar-refractivity contribution is -0.502. The molecule has 5 nitrogen and oxygen atoms in total. The summed E-state index contributed by atoms with van der Waals surface area (Å²) in [5, 5.41) is 11.9. The Bertz CT molecular complexity index is 282. The first-order chi connectivity index (χ1) is 5.63. The molecule has 1 N–H and O–H groups in total. The second kappa shape index (κ2) is 3.74. The van der Waals surface area contributed by atoms with Gasteiger partial charge in [0, 0.05) is 10.3 Å². The van der Waals surface area contributed by atoms with E-state index in [1.165, 1.54) is 22.8 Å². The van der Waals surface area contributed by atoms with E-state index in [-0.39, 0.29) is 5.56 Å². The predicted octanol–water partition coefficient (Wildman–Crippen LogP) is 1.25. The Morgan fingerprint density at radius 1 is 1.75 bits per heavy atom. The summed E-state index contributed by atoms with van der Waals surface area (Å²) in [6, 6.07) is 1.46.